The Morgan fingerprint density at radius 3 is 2.47 bits per heavy atom. The van der Waals surface area contributed by atoms with Crippen molar-refractivity contribution in [3.63, 3.8) is 0 Å². The molecule has 0 saturated heterocycles. The summed E-state index contributed by atoms with van der Waals surface area (Å²) in [6.07, 6.45) is 0.645. The molecule has 152 valence electrons. The lowest BCUT2D eigenvalue weighted by atomic mass is 9.83. The predicted octanol–water partition coefficient (Wildman–Crippen LogP) is 3.50. The summed E-state index contributed by atoms with van der Waals surface area (Å²) in [6.45, 7) is 6.14. The fraction of sp³-hybridized carbons (Fsp3) is 0.292. The number of benzene rings is 2. The van der Waals surface area contributed by atoms with Gasteiger partial charge in [0, 0.05) is 24.8 Å². The third-order valence-corrected chi connectivity index (χ3v) is 6.43. The molecule has 6 nitrogen and oxygen atoms in total. The van der Waals surface area contributed by atoms with Crippen LogP contribution in [-0.2, 0) is 10.3 Å². The van der Waals surface area contributed by atoms with Gasteiger partial charge in [-0.25, -0.2) is 0 Å². The average molecular weight is 402 g/mol. The second kappa shape index (κ2) is 6.05. The highest BCUT2D eigenvalue weighted by Crippen LogP contribution is 2.52. The topological polar surface area (TPSA) is 70.8 Å². The summed E-state index contributed by atoms with van der Waals surface area (Å²) in [7, 11) is 1.68. The van der Waals surface area contributed by atoms with E-state index >= 15 is 0 Å². The zero-order valence-corrected chi connectivity index (χ0v) is 17.4. The molecule has 0 fully saturated rings. The quantitative estimate of drug-likeness (QED) is 0.658. The number of carbonyl (C=O) groups excluding carboxylic acids is 2. The normalized spacial score (nSPS) is 19.9. The molecule has 3 aromatic rings. The monoisotopic (exact) mass is 402 g/mol. The zero-order chi connectivity index (χ0) is 21.4. The lowest BCUT2D eigenvalue weighted by Gasteiger charge is -2.33. The Morgan fingerprint density at radius 1 is 1.03 bits per heavy atom. The second-order valence-electron chi connectivity index (χ2n) is 8.12. The number of hydrogen-bond acceptors (Lipinski definition) is 4. The van der Waals surface area contributed by atoms with Gasteiger partial charge in [-0.3, -0.25) is 14.4 Å². The molecular formula is C24H22N2O4. The molecule has 1 aromatic heterocycles. The molecule has 30 heavy (non-hydrogen) atoms. The highest BCUT2D eigenvalue weighted by Gasteiger charge is 2.64. The number of rotatable bonds is 2. The van der Waals surface area contributed by atoms with Crippen molar-refractivity contribution in [2.24, 2.45) is 0 Å². The van der Waals surface area contributed by atoms with Crippen LogP contribution in [-0.4, -0.2) is 30.3 Å². The number of aryl methyl sites for hydroxylation is 2. The first-order valence-corrected chi connectivity index (χ1v) is 10.1. The number of hydrogen-bond donors (Lipinski definition) is 0. The standard InChI is InChI=1S/C24H22N2O4/c1-5-10-26-22(28)21-19(20(27)15-11-13(2)14(3)12-18(15)30-21)24(26)16-8-6-7-9-17(16)25(4)23(24)29/h6-9,11-12H,5,10H2,1-4H3. The summed E-state index contributed by atoms with van der Waals surface area (Å²) in [6, 6.07) is 10.9. The molecule has 0 N–H and O–H groups in total. The van der Waals surface area contributed by atoms with Gasteiger partial charge in [-0.05, 0) is 49.6 Å². The van der Waals surface area contributed by atoms with Crippen LogP contribution in [0.1, 0.15) is 46.2 Å². The number of likely N-dealkylation sites (N-methyl/N-ethyl adjacent to an activating group) is 1. The largest absolute Gasteiger partial charge is 0.450 e. The van der Waals surface area contributed by atoms with Gasteiger partial charge in [0.2, 0.25) is 5.76 Å². The highest BCUT2D eigenvalue weighted by atomic mass is 16.3. The number of nitrogens with zero attached hydrogens (tertiary/aromatic N) is 2. The predicted molar refractivity (Wildman–Crippen MR) is 114 cm³/mol. The van der Waals surface area contributed by atoms with Gasteiger partial charge < -0.3 is 14.2 Å². The molecule has 3 heterocycles. The minimum atomic E-state index is -1.48. The average Bonchev–Trinajstić information content (AvgIpc) is 3.10. The maximum atomic E-state index is 13.8. The van der Waals surface area contributed by atoms with Crippen molar-refractivity contribution in [1.29, 1.82) is 0 Å². The van der Waals surface area contributed by atoms with E-state index in [4.69, 9.17) is 4.42 Å². The maximum Gasteiger partial charge on any atom is 0.291 e. The third-order valence-electron chi connectivity index (χ3n) is 6.43. The van der Waals surface area contributed by atoms with E-state index in [1.807, 2.05) is 45.0 Å². The summed E-state index contributed by atoms with van der Waals surface area (Å²) in [4.78, 5) is 44.1. The van der Waals surface area contributed by atoms with Gasteiger partial charge in [0.15, 0.2) is 11.0 Å². The lowest BCUT2D eigenvalue weighted by Crippen LogP contribution is -2.53. The molecule has 5 rings (SSSR count). The maximum absolute atomic E-state index is 13.8. The van der Waals surface area contributed by atoms with E-state index in [-0.39, 0.29) is 22.7 Å². The second-order valence-corrected chi connectivity index (χ2v) is 8.12. The highest BCUT2D eigenvalue weighted by molar-refractivity contribution is 6.16. The van der Waals surface area contributed by atoms with E-state index < -0.39 is 11.4 Å². The number of anilines is 1. The molecule has 2 amide bonds. The summed E-state index contributed by atoms with van der Waals surface area (Å²) in [5.74, 6) is -0.745. The van der Waals surface area contributed by atoms with Gasteiger partial charge >= 0.3 is 0 Å². The van der Waals surface area contributed by atoms with Crippen molar-refractivity contribution >= 4 is 28.5 Å². The van der Waals surface area contributed by atoms with Crippen molar-refractivity contribution in [2.45, 2.75) is 32.7 Å². The fourth-order valence-electron chi connectivity index (χ4n) is 4.87. The first-order chi connectivity index (χ1) is 14.3. The van der Waals surface area contributed by atoms with Crippen LogP contribution in [0.25, 0.3) is 11.0 Å². The Hall–Kier alpha value is -3.41. The van der Waals surface area contributed by atoms with Gasteiger partial charge in [0.05, 0.1) is 10.9 Å². The van der Waals surface area contributed by atoms with Crippen LogP contribution in [0.4, 0.5) is 5.69 Å². The summed E-state index contributed by atoms with van der Waals surface area (Å²) < 4.78 is 6.03. The van der Waals surface area contributed by atoms with E-state index in [0.29, 0.717) is 35.2 Å². The van der Waals surface area contributed by atoms with Crippen molar-refractivity contribution in [3.8, 4) is 0 Å². The van der Waals surface area contributed by atoms with Crippen LogP contribution in [0.2, 0.25) is 0 Å². The SMILES string of the molecule is CCCN1C(=O)c2oc3cc(C)c(C)cc3c(=O)c2C12C(=O)N(C)c1ccccc12. The van der Waals surface area contributed by atoms with Gasteiger partial charge in [0.1, 0.15) is 5.58 Å². The Labute approximate surface area is 173 Å². The number of carbonyl (C=O) groups is 2. The van der Waals surface area contributed by atoms with Crippen molar-refractivity contribution in [2.75, 3.05) is 18.5 Å². The minimum absolute atomic E-state index is 0.0253. The van der Waals surface area contributed by atoms with Crippen molar-refractivity contribution in [1.82, 2.24) is 4.90 Å². The Bertz CT molecular complexity index is 1320. The van der Waals surface area contributed by atoms with Crippen LogP contribution < -0.4 is 10.3 Å². The zero-order valence-electron chi connectivity index (χ0n) is 17.4. The molecule has 1 unspecified atom stereocenters. The third kappa shape index (κ3) is 2.01. The first kappa shape index (κ1) is 18.6. The van der Waals surface area contributed by atoms with E-state index in [2.05, 4.69) is 0 Å². The molecule has 2 aliphatic heterocycles. The van der Waals surface area contributed by atoms with E-state index in [9.17, 15) is 14.4 Å². The van der Waals surface area contributed by atoms with Crippen LogP contribution in [0.15, 0.2) is 45.6 Å². The number of para-hydroxylation sites is 1. The van der Waals surface area contributed by atoms with Gasteiger partial charge in [0.25, 0.3) is 11.8 Å². The molecule has 0 bridgehead atoms. The Kier molecular flexibility index (Phi) is 3.75. The summed E-state index contributed by atoms with van der Waals surface area (Å²) in [5, 5.41) is 0.391. The molecule has 1 spiro atoms. The number of amides is 2. The van der Waals surface area contributed by atoms with E-state index in [0.717, 1.165) is 11.1 Å². The van der Waals surface area contributed by atoms with Crippen molar-refractivity contribution in [3.05, 3.63) is 74.6 Å². The molecule has 0 aliphatic carbocycles. The van der Waals surface area contributed by atoms with Crippen molar-refractivity contribution < 1.29 is 14.0 Å². The molecule has 2 aromatic carbocycles. The number of fused-ring (bicyclic) bond motifs is 5. The van der Waals surface area contributed by atoms with E-state index in [1.165, 1.54) is 9.80 Å². The Morgan fingerprint density at radius 2 is 1.73 bits per heavy atom. The molecule has 2 aliphatic rings. The molecule has 0 saturated carbocycles. The Balaban J connectivity index is 1.96. The van der Waals surface area contributed by atoms with Crippen LogP contribution >= 0.6 is 0 Å². The minimum Gasteiger partial charge on any atom is -0.450 e. The fourth-order valence-corrected chi connectivity index (χ4v) is 4.87. The van der Waals surface area contributed by atoms with Gasteiger partial charge in [-0.15, -0.1) is 0 Å². The van der Waals surface area contributed by atoms with E-state index in [1.54, 1.807) is 19.2 Å². The molecule has 6 heteroatoms. The summed E-state index contributed by atoms with van der Waals surface area (Å²) in [5.41, 5.74) is 1.97. The van der Waals surface area contributed by atoms with Crippen LogP contribution in [0, 0.1) is 13.8 Å². The first-order valence-electron chi connectivity index (χ1n) is 10.1. The van der Waals surface area contributed by atoms with Gasteiger partial charge in [-0.1, -0.05) is 25.1 Å². The van der Waals surface area contributed by atoms with Crippen LogP contribution in [0.5, 0.6) is 0 Å². The lowest BCUT2D eigenvalue weighted by molar-refractivity contribution is -0.125. The molecule has 0 radical (unpaired) electrons. The van der Waals surface area contributed by atoms with Gasteiger partial charge in [-0.2, -0.15) is 0 Å². The smallest absolute Gasteiger partial charge is 0.291 e. The summed E-state index contributed by atoms with van der Waals surface area (Å²) >= 11 is 0. The molecular weight excluding hydrogens is 380 g/mol. The van der Waals surface area contributed by atoms with Crippen LogP contribution in [0.3, 0.4) is 0 Å². The molecule has 1 atom stereocenters.